The molecule has 0 amide bonds. The van der Waals surface area contributed by atoms with E-state index < -0.39 is 35.0 Å². The summed E-state index contributed by atoms with van der Waals surface area (Å²) >= 11 is 0. The first kappa shape index (κ1) is 12.4. The molecule has 0 fully saturated rings. The Morgan fingerprint density at radius 3 is 2.75 bits per heavy atom. The number of phenolic OH excluding ortho intramolecular Hbond substituents is 1. The van der Waals surface area contributed by atoms with Crippen LogP contribution in [0.25, 0.3) is 0 Å². The molecule has 0 aliphatic rings. The summed E-state index contributed by atoms with van der Waals surface area (Å²) in [6, 6.07) is 0.617. The molecular weight excluding hydrogens is 220 g/mol. The maximum absolute atomic E-state index is 13.3. The Labute approximate surface area is 90.6 Å². The first-order valence-electron chi connectivity index (χ1n) is 4.46. The Balaban J connectivity index is 2.97. The number of carbonyl (C=O) groups is 1. The third kappa shape index (κ3) is 2.46. The van der Waals surface area contributed by atoms with Gasteiger partial charge >= 0.3 is 5.97 Å². The SMILES string of the molecule is COC(=O)C(N)Cc1c(F)ccc(O)c1F. The van der Waals surface area contributed by atoms with E-state index in [4.69, 9.17) is 10.8 Å². The van der Waals surface area contributed by atoms with Crippen molar-refractivity contribution in [3.05, 3.63) is 29.3 Å². The minimum Gasteiger partial charge on any atom is -0.505 e. The van der Waals surface area contributed by atoms with E-state index in [0.717, 1.165) is 19.2 Å². The number of aromatic hydroxyl groups is 1. The van der Waals surface area contributed by atoms with Crippen molar-refractivity contribution in [1.29, 1.82) is 0 Å². The van der Waals surface area contributed by atoms with Crippen LogP contribution in [0.4, 0.5) is 8.78 Å². The molecule has 1 aromatic carbocycles. The molecule has 1 atom stereocenters. The standard InChI is InChI=1S/C10H11F2NO3/c1-16-10(15)7(13)4-5-6(11)2-3-8(14)9(5)12/h2-3,7,14H,4,13H2,1H3. The number of hydrogen-bond acceptors (Lipinski definition) is 4. The quantitative estimate of drug-likeness (QED) is 0.751. The van der Waals surface area contributed by atoms with Gasteiger partial charge in [-0.15, -0.1) is 0 Å². The van der Waals surface area contributed by atoms with Crippen molar-refractivity contribution < 1.29 is 23.4 Å². The maximum atomic E-state index is 13.3. The van der Waals surface area contributed by atoms with Gasteiger partial charge in [-0.1, -0.05) is 0 Å². The first-order chi connectivity index (χ1) is 7.47. The van der Waals surface area contributed by atoms with Crippen LogP contribution in [0.3, 0.4) is 0 Å². The fourth-order valence-electron chi connectivity index (χ4n) is 1.23. The molecule has 0 heterocycles. The minimum absolute atomic E-state index is 0.376. The summed E-state index contributed by atoms with van der Waals surface area (Å²) in [6.45, 7) is 0. The van der Waals surface area contributed by atoms with Gasteiger partial charge in [0, 0.05) is 12.0 Å². The second-order valence-electron chi connectivity index (χ2n) is 3.19. The second-order valence-corrected chi connectivity index (χ2v) is 3.19. The highest BCUT2D eigenvalue weighted by Crippen LogP contribution is 2.22. The molecule has 6 heteroatoms. The van der Waals surface area contributed by atoms with E-state index in [2.05, 4.69) is 4.74 Å². The van der Waals surface area contributed by atoms with Gasteiger partial charge in [0.05, 0.1) is 7.11 Å². The van der Waals surface area contributed by atoms with Crippen LogP contribution in [0.1, 0.15) is 5.56 Å². The molecule has 0 aromatic heterocycles. The molecular formula is C10H11F2NO3. The molecule has 0 saturated heterocycles. The predicted octanol–water partition coefficient (Wildman–Crippen LogP) is 0.713. The van der Waals surface area contributed by atoms with Crippen LogP contribution in [-0.4, -0.2) is 24.2 Å². The summed E-state index contributed by atoms with van der Waals surface area (Å²) in [5.74, 6) is -3.44. The number of carbonyl (C=O) groups excluding carboxylic acids is 1. The van der Waals surface area contributed by atoms with Gasteiger partial charge in [0.15, 0.2) is 11.6 Å². The molecule has 0 aliphatic carbocycles. The molecule has 0 saturated carbocycles. The van der Waals surface area contributed by atoms with Gasteiger partial charge in [0.1, 0.15) is 11.9 Å². The van der Waals surface area contributed by atoms with Gasteiger partial charge < -0.3 is 15.6 Å². The lowest BCUT2D eigenvalue weighted by Crippen LogP contribution is -2.34. The van der Waals surface area contributed by atoms with Gasteiger partial charge in [-0.2, -0.15) is 0 Å². The van der Waals surface area contributed by atoms with Crippen LogP contribution in [-0.2, 0) is 16.0 Å². The van der Waals surface area contributed by atoms with Crippen molar-refractivity contribution in [3.63, 3.8) is 0 Å². The third-order valence-electron chi connectivity index (χ3n) is 2.09. The molecule has 0 aliphatic heterocycles. The number of rotatable bonds is 3. The molecule has 16 heavy (non-hydrogen) atoms. The molecule has 0 bridgehead atoms. The number of halogens is 2. The number of hydrogen-bond donors (Lipinski definition) is 2. The number of phenols is 1. The lowest BCUT2D eigenvalue weighted by atomic mass is 10.0. The number of nitrogens with two attached hydrogens (primary N) is 1. The topological polar surface area (TPSA) is 72.5 Å². The summed E-state index contributed by atoms with van der Waals surface area (Å²) in [4.78, 5) is 11.0. The zero-order valence-corrected chi connectivity index (χ0v) is 8.54. The van der Waals surface area contributed by atoms with Gasteiger partial charge in [0.2, 0.25) is 0 Å². The Hall–Kier alpha value is -1.69. The lowest BCUT2D eigenvalue weighted by molar-refractivity contribution is -0.142. The molecule has 0 radical (unpaired) electrons. The summed E-state index contributed by atoms with van der Waals surface area (Å²) in [6.07, 6.45) is -0.376. The smallest absolute Gasteiger partial charge is 0.322 e. The highest BCUT2D eigenvalue weighted by atomic mass is 19.1. The molecule has 3 N–H and O–H groups in total. The molecule has 0 spiro atoms. The van der Waals surface area contributed by atoms with Gasteiger partial charge in [-0.3, -0.25) is 4.79 Å². The van der Waals surface area contributed by atoms with Crippen LogP contribution in [0, 0.1) is 11.6 Å². The zero-order chi connectivity index (χ0) is 12.3. The summed E-state index contributed by atoms with van der Waals surface area (Å²) in [5.41, 5.74) is 4.93. The van der Waals surface area contributed by atoms with Crippen molar-refractivity contribution in [1.82, 2.24) is 0 Å². The normalized spacial score (nSPS) is 12.2. The zero-order valence-electron chi connectivity index (χ0n) is 8.54. The fraction of sp³-hybridized carbons (Fsp3) is 0.300. The number of methoxy groups -OCH3 is 1. The Morgan fingerprint density at radius 1 is 1.56 bits per heavy atom. The minimum atomic E-state index is -1.17. The number of benzene rings is 1. The fourth-order valence-corrected chi connectivity index (χ4v) is 1.23. The van der Waals surface area contributed by atoms with Crippen molar-refractivity contribution in [3.8, 4) is 5.75 Å². The van der Waals surface area contributed by atoms with Crippen LogP contribution in [0.5, 0.6) is 5.75 Å². The van der Waals surface area contributed by atoms with E-state index in [1.54, 1.807) is 0 Å². The Bertz CT molecular complexity index is 409. The molecule has 1 unspecified atom stereocenters. The van der Waals surface area contributed by atoms with Crippen molar-refractivity contribution >= 4 is 5.97 Å². The van der Waals surface area contributed by atoms with Crippen LogP contribution >= 0.6 is 0 Å². The van der Waals surface area contributed by atoms with E-state index in [9.17, 15) is 13.6 Å². The molecule has 88 valence electrons. The summed E-state index contributed by atoms with van der Waals surface area (Å²) < 4.78 is 30.8. The molecule has 1 aromatic rings. The van der Waals surface area contributed by atoms with Crippen LogP contribution in [0.2, 0.25) is 0 Å². The van der Waals surface area contributed by atoms with E-state index in [1.807, 2.05) is 0 Å². The summed E-state index contributed by atoms with van der Waals surface area (Å²) in [5, 5.41) is 9.03. The Morgan fingerprint density at radius 2 is 2.19 bits per heavy atom. The van der Waals surface area contributed by atoms with E-state index in [-0.39, 0.29) is 6.42 Å². The second kappa shape index (κ2) is 4.89. The molecule has 4 nitrogen and oxygen atoms in total. The van der Waals surface area contributed by atoms with Gasteiger partial charge in [0.25, 0.3) is 0 Å². The van der Waals surface area contributed by atoms with Crippen LogP contribution in [0.15, 0.2) is 12.1 Å². The predicted molar refractivity (Wildman–Crippen MR) is 51.7 cm³/mol. The average molecular weight is 231 g/mol. The number of esters is 1. The highest BCUT2D eigenvalue weighted by Gasteiger charge is 2.20. The van der Waals surface area contributed by atoms with Crippen molar-refractivity contribution in [2.24, 2.45) is 5.73 Å². The molecule has 1 rings (SSSR count). The van der Waals surface area contributed by atoms with E-state index >= 15 is 0 Å². The Kier molecular flexibility index (Phi) is 3.78. The largest absolute Gasteiger partial charge is 0.505 e. The summed E-state index contributed by atoms with van der Waals surface area (Å²) in [7, 11) is 1.12. The number of ether oxygens (including phenoxy) is 1. The van der Waals surface area contributed by atoms with E-state index in [1.165, 1.54) is 0 Å². The van der Waals surface area contributed by atoms with Gasteiger partial charge in [-0.05, 0) is 12.1 Å². The van der Waals surface area contributed by atoms with Gasteiger partial charge in [-0.25, -0.2) is 8.78 Å². The highest BCUT2D eigenvalue weighted by molar-refractivity contribution is 5.75. The lowest BCUT2D eigenvalue weighted by Gasteiger charge is -2.11. The monoisotopic (exact) mass is 231 g/mol. The van der Waals surface area contributed by atoms with E-state index in [0.29, 0.717) is 0 Å². The third-order valence-corrected chi connectivity index (χ3v) is 2.09. The maximum Gasteiger partial charge on any atom is 0.322 e. The van der Waals surface area contributed by atoms with Crippen LogP contribution < -0.4 is 5.73 Å². The van der Waals surface area contributed by atoms with Crippen molar-refractivity contribution in [2.75, 3.05) is 7.11 Å². The average Bonchev–Trinajstić information content (AvgIpc) is 2.28. The first-order valence-corrected chi connectivity index (χ1v) is 4.46. The van der Waals surface area contributed by atoms with Crippen molar-refractivity contribution in [2.45, 2.75) is 12.5 Å².